The molecule has 114 valence electrons. The molecule has 0 saturated carbocycles. The van der Waals surface area contributed by atoms with Crippen molar-refractivity contribution in [3.63, 3.8) is 0 Å². The van der Waals surface area contributed by atoms with Crippen molar-refractivity contribution in [1.82, 2.24) is 9.97 Å². The number of benzene rings is 2. The summed E-state index contributed by atoms with van der Waals surface area (Å²) in [6, 6.07) is 18.4. The molecule has 2 aromatic carbocycles. The van der Waals surface area contributed by atoms with Crippen molar-refractivity contribution >= 4 is 5.97 Å². The van der Waals surface area contributed by atoms with Crippen molar-refractivity contribution < 1.29 is 9.90 Å². The molecule has 0 aliphatic heterocycles. The third-order valence-electron chi connectivity index (χ3n) is 3.44. The van der Waals surface area contributed by atoms with Crippen LogP contribution >= 0.6 is 0 Å². The molecule has 5 heteroatoms. The smallest absolute Gasteiger partial charge is 0.343 e. The summed E-state index contributed by atoms with van der Waals surface area (Å²) >= 11 is 0. The van der Waals surface area contributed by atoms with Crippen molar-refractivity contribution in [2.24, 2.45) is 0 Å². The summed E-state index contributed by atoms with van der Waals surface area (Å²) in [6.45, 7) is 0. The van der Waals surface area contributed by atoms with Gasteiger partial charge < -0.3 is 10.1 Å². The number of carboxylic acids is 1. The summed E-state index contributed by atoms with van der Waals surface area (Å²) in [7, 11) is 0. The van der Waals surface area contributed by atoms with E-state index >= 15 is 0 Å². The Morgan fingerprint density at radius 1 is 1.00 bits per heavy atom. The summed E-state index contributed by atoms with van der Waals surface area (Å²) in [5.74, 6) is -0.853. The zero-order chi connectivity index (χ0) is 16.2. The largest absolute Gasteiger partial charge is 0.477 e. The Balaban J connectivity index is 2.12. The molecule has 0 unspecified atom stereocenters. The van der Waals surface area contributed by atoms with Crippen LogP contribution in [0.3, 0.4) is 0 Å². The lowest BCUT2D eigenvalue weighted by Crippen LogP contribution is -2.22. The zero-order valence-corrected chi connectivity index (χ0v) is 12.2. The van der Waals surface area contributed by atoms with Crippen molar-refractivity contribution in [2.75, 3.05) is 0 Å². The minimum absolute atomic E-state index is 0.188. The third kappa shape index (κ3) is 3.18. The van der Waals surface area contributed by atoms with Crippen molar-refractivity contribution in [3.8, 4) is 11.3 Å². The number of nitrogens with one attached hydrogen (secondary N) is 1. The lowest BCUT2D eigenvalue weighted by molar-refractivity contribution is 0.0695. The van der Waals surface area contributed by atoms with Gasteiger partial charge in [0.2, 0.25) is 0 Å². The molecule has 0 saturated heterocycles. The molecular weight excluding hydrogens is 292 g/mol. The maximum atomic E-state index is 12.2. The van der Waals surface area contributed by atoms with Gasteiger partial charge in [0.15, 0.2) is 5.56 Å². The molecule has 0 bridgehead atoms. The van der Waals surface area contributed by atoms with Gasteiger partial charge in [-0.25, -0.2) is 9.78 Å². The zero-order valence-electron chi connectivity index (χ0n) is 12.2. The lowest BCUT2D eigenvalue weighted by Gasteiger charge is -2.08. The molecule has 3 aromatic rings. The summed E-state index contributed by atoms with van der Waals surface area (Å²) in [4.78, 5) is 30.6. The topological polar surface area (TPSA) is 83.0 Å². The fraction of sp³-hybridized carbons (Fsp3) is 0.0556. The van der Waals surface area contributed by atoms with Gasteiger partial charge in [0.1, 0.15) is 5.82 Å². The van der Waals surface area contributed by atoms with Crippen LogP contribution in [-0.4, -0.2) is 21.0 Å². The average molecular weight is 306 g/mol. The Morgan fingerprint density at radius 2 is 1.61 bits per heavy atom. The SMILES string of the molecule is O=C(O)c1c(-c2ccccc2)nc(Cc2ccccc2)[nH]c1=O. The Hall–Kier alpha value is -3.21. The molecule has 0 spiro atoms. The van der Waals surface area contributed by atoms with E-state index in [-0.39, 0.29) is 11.3 Å². The maximum Gasteiger partial charge on any atom is 0.343 e. The molecular formula is C18H14N2O3. The van der Waals surface area contributed by atoms with Crippen molar-refractivity contribution in [2.45, 2.75) is 6.42 Å². The minimum atomic E-state index is -1.29. The molecule has 0 aliphatic carbocycles. The van der Waals surface area contributed by atoms with Crippen LogP contribution in [0.25, 0.3) is 11.3 Å². The van der Waals surface area contributed by atoms with E-state index in [9.17, 15) is 14.7 Å². The van der Waals surface area contributed by atoms with Gasteiger partial charge in [-0.3, -0.25) is 4.79 Å². The first-order valence-corrected chi connectivity index (χ1v) is 7.11. The predicted molar refractivity (Wildman–Crippen MR) is 86.5 cm³/mol. The van der Waals surface area contributed by atoms with Gasteiger partial charge in [-0.2, -0.15) is 0 Å². The number of carbonyl (C=O) groups is 1. The minimum Gasteiger partial charge on any atom is -0.477 e. The molecule has 1 aromatic heterocycles. The second-order valence-electron chi connectivity index (χ2n) is 5.07. The van der Waals surface area contributed by atoms with Crippen LogP contribution in [0.2, 0.25) is 0 Å². The summed E-state index contributed by atoms with van der Waals surface area (Å²) in [6.07, 6.45) is 0.426. The van der Waals surface area contributed by atoms with E-state index in [4.69, 9.17) is 0 Å². The Kier molecular flexibility index (Phi) is 4.01. The molecule has 3 rings (SSSR count). The van der Waals surface area contributed by atoms with Crippen LogP contribution < -0.4 is 5.56 Å². The van der Waals surface area contributed by atoms with Crippen LogP contribution in [0.4, 0.5) is 0 Å². The molecule has 23 heavy (non-hydrogen) atoms. The van der Waals surface area contributed by atoms with E-state index < -0.39 is 11.5 Å². The number of nitrogens with zero attached hydrogens (tertiary/aromatic N) is 1. The maximum absolute atomic E-state index is 12.2. The highest BCUT2D eigenvalue weighted by molar-refractivity contribution is 5.94. The monoisotopic (exact) mass is 306 g/mol. The second-order valence-corrected chi connectivity index (χ2v) is 5.07. The number of aromatic amines is 1. The van der Waals surface area contributed by atoms with Gasteiger partial charge in [0, 0.05) is 12.0 Å². The van der Waals surface area contributed by atoms with Crippen LogP contribution in [0.5, 0.6) is 0 Å². The van der Waals surface area contributed by atoms with Gasteiger partial charge in [0.05, 0.1) is 5.69 Å². The molecule has 0 amide bonds. The van der Waals surface area contributed by atoms with Crippen LogP contribution in [-0.2, 0) is 6.42 Å². The van der Waals surface area contributed by atoms with Gasteiger partial charge in [0.25, 0.3) is 5.56 Å². The highest BCUT2D eigenvalue weighted by Gasteiger charge is 2.19. The number of aromatic carboxylic acids is 1. The van der Waals surface area contributed by atoms with Crippen LogP contribution in [0.15, 0.2) is 65.5 Å². The van der Waals surface area contributed by atoms with E-state index in [1.54, 1.807) is 24.3 Å². The molecule has 0 radical (unpaired) electrons. The predicted octanol–water partition coefficient (Wildman–Crippen LogP) is 2.73. The highest BCUT2D eigenvalue weighted by Crippen LogP contribution is 2.19. The summed E-state index contributed by atoms with van der Waals surface area (Å²) < 4.78 is 0. The van der Waals surface area contributed by atoms with Gasteiger partial charge in [-0.15, -0.1) is 0 Å². The summed E-state index contributed by atoms with van der Waals surface area (Å²) in [5.41, 5.74) is 0.793. The first kappa shape index (κ1) is 14.7. The van der Waals surface area contributed by atoms with Gasteiger partial charge in [-0.1, -0.05) is 60.7 Å². The van der Waals surface area contributed by atoms with E-state index in [0.717, 1.165) is 5.56 Å². The van der Waals surface area contributed by atoms with Gasteiger partial charge >= 0.3 is 5.97 Å². The van der Waals surface area contributed by atoms with Crippen LogP contribution in [0.1, 0.15) is 21.7 Å². The Bertz CT molecular complexity index is 887. The molecule has 0 atom stereocenters. The Morgan fingerprint density at radius 3 is 2.22 bits per heavy atom. The average Bonchev–Trinajstić information content (AvgIpc) is 2.55. The van der Waals surface area contributed by atoms with Crippen molar-refractivity contribution in [1.29, 1.82) is 0 Å². The second kappa shape index (κ2) is 6.27. The first-order chi connectivity index (χ1) is 11.1. The standard InChI is InChI=1S/C18H14N2O3/c21-17-15(18(22)23)16(13-9-5-2-6-10-13)19-14(20-17)11-12-7-3-1-4-8-12/h1-10H,11H2,(H,22,23)(H,19,20,21). The number of carboxylic acid groups (broad SMARTS) is 1. The fourth-order valence-electron chi connectivity index (χ4n) is 2.40. The molecule has 0 aliphatic rings. The summed E-state index contributed by atoms with van der Waals surface area (Å²) in [5, 5.41) is 9.33. The normalized spacial score (nSPS) is 10.4. The Labute approximate surface area is 132 Å². The van der Waals surface area contributed by atoms with Crippen LogP contribution in [0, 0.1) is 0 Å². The number of H-pyrrole nitrogens is 1. The van der Waals surface area contributed by atoms with Crippen molar-refractivity contribution in [3.05, 3.63) is 88.0 Å². The molecule has 5 nitrogen and oxygen atoms in total. The van der Waals surface area contributed by atoms with E-state index in [0.29, 0.717) is 17.8 Å². The lowest BCUT2D eigenvalue weighted by atomic mass is 10.1. The fourth-order valence-corrected chi connectivity index (χ4v) is 2.40. The highest BCUT2D eigenvalue weighted by atomic mass is 16.4. The van der Waals surface area contributed by atoms with E-state index in [2.05, 4.69) is 9.97 Å². The quantitative estimate of drug-likeness (QED) is 0.776. The number of aromatic nitrogens is 2. The molecule has 0 fully saturated rings. The third-order valence-corrected chi connectivity index (χ3v) is 3.44. The van der Waals surface area contributed by atoms with E-state index in [1.807, 2.05) is 36.4 Å². The number of rotatable bonds is 4. The number of hydrogen-bond acceptors (Lipinski definition) is 3. The van der Waals surface area contributed by atoms with E-state index in [1.165, 1.54) is 0 Å². The van der Waals surface area contributed by atoms with Gasteiger partial charge in [-0.05, 0) is 5.56 Å². The number of hydrogen-bond donors (Lipinski definition) is 2. The molecule has 1 heterocycles. The molecule has 2 N–H and O–H groups in total. The first-order valence-electron chi connectivity index (χ1n) is 7.11.